The molecule has 0 radical (unpaired) electrons. The van der Waals surface area contributed by atoms with Gasteiger partial charge in [-0.2, -0.15) is 0 Å². The predicted molar refractivity (Wildman–Crippen MR) is 154 cm³/mol. The molecule has 11 nitrogen and oxygen atoms in total. The van der Waals surface area contributed by atoms with Crippen LogP contribution in [0.3, 0.4) is 0 Å². The van der Waals surface area contributed by atoms with E-state index in [0.717, 1.165) is 6.07 Å². The zero-order valence-electron chi connectivity index (χ0n) is 25.8. The molecule has 2 atom stereocenters. The molecule has 44 heavy (non-hydrogen) atoms. The van der Waals surface area contributed by atoms with Gasteiger partial charge in [0, 0.05) is 31.8 Å². The summed E-state index contributed by atoms with van der Waals surface area (Å²) in [6, 6.07) is 2.78. The van der Waals surface area contributed by atoms with Crippen LogP contribution in [0.15, 0.2) is 18.2 Å². The van der Waals surface area contributed by atoms with Crippen LogP contribution in [0.5, 0.6) is 0 Å². The third-order valence-electron chi connectivity index (χ3n) is 7.27. The summed E-state index contributed by atoms with van der Waals surface area (Å²) >= 11 is 0. The molecule has 2 aliphatic rings. The molecule has 1 unspecified atom stereocenters. The highest BCUT2D eigenvalue weighted by Crippen LogP contribution is 2.37. The number of piperidine rings is 1. The largest absolute Gasteiger partial charge is 0.444 e. The molecule has 2 aliphatic heterocycles. The van der Waals surface area contributed by atoms with Crippen molar-refractivity contribution in [2.45, 2.75) is 84.0 Å². The van der Waals surface area contributed by atoms with E-state index in [2.05, 4.69) is 20.6 Å². The topological polar surface area (TPSA) is 124 Å². The van der Waals surface area contributed by atoms with Crippen LogP contribution in [0, 0.1) is 12.7 Å². The Bertz CT molecular complexity index is 1330. The molecule has 3 heterocycles. The molecule has 4 rings (SSSR count). The number of hydrogen-bond donors (Lipinski definition) is 2. The van der Waals surface area contributed by atoms with Crippen LogP contribution < -0.4 is 10.6 Å². The van der Waals surface area contributed by atoms with Crippen LogP contribution in [0.25, 0.3) is 0 Å². The maximum atomic E-state index is 15.0. The van der Waals surface area contributed by atoms with Crippen LogP contribution in [0.2, 0.25) is 0 Å². The van der Waals surface area contributed by atoms with Gasteiger partial charge in [0.15, 0.2) is 12.4 Å². The molecular weight excluding hydrogens is 583 g/mol. The number of carbonyl (C=O) groups excluding carboxylic acids is 2. The van der Waals surface area contributed by atoms with Crippen LogP contribution in [-0.4, -0.2) is 71.9 Å². The molecule has 0 aliphatic carbocycles. The number of ether oxygens (including phenoxy) is 4. The number of rotatable bonds is 9. The lowest BCUT2D eigenvalue weighted by Gasteiger charge is -2.34. The van der Waals surface area contributed by atoms with Gasteiger partial charge < -0.3 is 34.5 Å². The Balaban J connectivity index is 1.57. The Kier molecular flexibility index (Phi) is 10.7. The fourth-order valence-corrected chi connectivity index (χ4v) is 5.18. The zero-order valence-corrected chi connectivity index (χ0v) is 25.8. The number of methoxy groups -OCH3 is 1. The first-order chi connectivity index (χ1) is 20.8. The normalized spacial score (nSPS) is 17.9. The summed E-state index contributed by atoms with van der Waals surface area (Å²) in [6.07, 6.45) is -4.50. The number of nitrogens with zero attached hydrogens (tertiary/aromatic N) is 3. The molecule has 2 saturated heterocycles. The van der Waals surface area contributed by atoms with E-state index in [1.165, 1.54) is 19.2 Å². The number of hydrogen-bond acceptors (Lipinski definition) is 9. The van der Waals surface area contributed by atoms with Crippen molar-refractivity contribution in [2.24, 2.45) is 0 Å². The summed E-state index contributed by atoms with van der Waals surface area (Å²) in [7, 11) is 1.37. The Hall–Kier alpha value is -3.49. The molecule has 242 valence electrons. The number of nitrogens with one attached hydrogen (secondary N) is 2. The van der Waals surface area contributed by atoms with E-state index < -0.39 is 53.8 Å². The van der Waals surface area contributed by atoms with Crippen molar-refractivity contribution in [2.75, 3.05) is 38.7 Å². The highest BCUT2D eigenvalue weighted by molar-refractivity contribution is 5.83. The second-order valence-electron chi connectivity index (χ2n) is 11.8. The SMILES string of the molecule is COC(C(=O)NC1CCN(C(=O)OC(C)(C)C)CC1)c1nc(C)nc(N[C@H](C)c2cccc(C(F)F)c2F)c1C1OCCO1. The summed E-state index contributed by atoms with van der Waals surface area (Å²) in [5.74, 6) is -1.02. The molecule has 1 aromatic carbocycles. The van der Waals surface area contributed by atoms with E-state index in [9.17, 15) is 22.8 Å². The molecule has 0 bridgehead atoms. The number of carbonyl (C=O) groups is 2. The number of aryl methyl sites for hydroxylation is 1. The first-order valence-corrected chi connectivity index (χ1v) is 14.5. The fourth-order valence-electron chi connectivity index (χ4n) is 5.18. The molecule has 0 saturated carbocycles. The third-order valence-corrected chi connectivity index (χ3v) is 7.27. The van der Waals surface area contributed by atoms with Gasteiger partial charge in [-0.05, 0) is 47.5 Å². The smallest absolute Gasteiger partial charge is 0.410 e. The predicted octanol–water partition coefficient (Wildman–Crippen LogP) is 5.28. The van der Waals surface area contributed by atoms with Gasteiger partial charge in [-0.3, -0.25) is 4.79 Å². The van der Waals surface area contributed by atoms with E-state index in [-0.39, 0.29) is 47.7 Å². The molecule has 2 fully saturated rings. The Morgan fingerprint density at radius 2 is 1.73 bits per heavy atom. The second-order valence-corrected chi connectivity index (χ2v) is 11.8. The van der Waals surface area contributed by atoms with E-state index >= 15 is 0 Å². The zero-order chi connectivity index (χ0) is 32.2. The number of aromatic nitrogens is 2. The van der Waals surface area contributed by atoms with E-state index in [1.54, 1.807) is 39.5 Å². The van der Waals surface area contributed by atoms with Gasteiger partial charge in [-0.1, -0.05) is 18.2 Å². The van der Waals surface area contributed by atoms with Gasteiger partial charge in [0.1, 0.15) is 23.1 Å². The van der Waals surface area contributed by atoms with Gasteiger partial charge in [0.25, 0.3) is 12.3 Å². The quantitative estimate of drug-likeness (QED) is 0.384. The van der Waals surface area contributed by atoms with Crippen molar-refractivity contribution in [3.05, 3.63) is 52.2 Å². The van der Waals surface area contributed by atoms with Gasteiger partial charge in [0.2, 0.25) is 0 Å². The summed E-state index contributed by atoms with van der Waals surface area (Å²) in [4.78, 5) is 36.7. The molecule has 14 heteroatoms. The minimum absolute atomic E-state index is 0.0126. The number of alkyl halides is 2. The Morgan fingerprint density at radius 3 is 2.32 bits per heavy atom. The molecular formula is C30H40F3N5O6. The minimum Gasteiger partial charge on any atom is -0.444 e. The molecule has 2 aromatic rings. The van der Waals surface area contributed by atoms with Crippen LogP contribution in [-0.2, 0) is 23.7 Å². The number of likely N-dealkylation sites (tertiary alicyclic amines) is 1. The average molecular weight is 624 g/mol. The lowest BCUT2D eigenvalue weighted by Crippen LogP contribution is -2.48. The summed E-state index contributed by atoms with van der Waals surface area (Å²) in [5.41, 5.74) is -0.826. The molecule has 1 aromatic heterocycles. The average Bonchev–Trinajstić information content (AvgIpc) is 3.47. The number of anilines is 1. The third kappa shape index (κ3) is 7.96. The highest BCUT2D eigenvalue weighted by atomic mass is 19.3. The highest BCUT2D eigenvalue weighted by Gasteiger charge is 2.36. The van der Waals surface area contributed by atoms with Gasteiger partial charge in [0.05, 0.1) is 36.1 Å². The van der Waals surface area contributed by atoms with Crippen molar-refractivity contribution in [1.29, 1.82) is 0 Å². The minimum atomic E-state index is -2.98. The number of amides is 2. The molecule has 2 amide bonds. The maximum absolute atomic E-state index is 15.0. The van der Waals surface area contributed by atoms with E-state index in [1.807, 2.05) is 0 Å². The van der Waals surface area contributed by atoms with Gasteiger partial charge >= 0.3 is 6.09 Å². The van der Waals surface area contributed by atoms with Crippen molar-refractivity contribution >= 4 is 17.8 Å². The maximum Gasteiger partial charge on any atom is 0.410 e. The van der Waals surface area contributed by atoms with Crippen molar-refractivity contribution in [3.8, 4) is 0 Å². The van der Waals surface area contributed by atoms with Crippen LogP contribution in [0.1, 0.15) is 93.6 Å². The standard InChI is InChI=1S/C30H40F3N5O6/c1-16(19-8-7-9-20(22(19)31)25(32)33)34-26-21(28-42-14-15-43-28)23(35-17(2)36-26)24(41-6)27(39)37-18-10-12-38(13-11-18)29(40)44-30(3,4)5/h7-9,16,18,24-25,28H,10-15H2,1-6H3,(H,37,39)(H,34,35,36)/t16-,24?/m1/s1. The lowest BCUT2D eigenvalue weighted by atomic mass is 10.0. The van der Waals surface area contributed by atoms with E-state index in [0.29, 0.717) is 25.9 Å². The Morgan fingerprint density at radius 1 is 1.09 bits per heavy atom. The van der Waals surface area contributed by atoms with Crippen molar-refractivity contribution in [1.82, 2.24) is 20.2 Å². The summed E-state index contributed by atoms with van der Waals surface area (Å²) in [5, 5.41) is 6.09. The monoisotopic (exact) mass is 623 g/mol. The molecule has 0 spiro atoms. The fraction of sp³-hybridized carbons (Fsp3) is 0.600. The van der Waals surface area contributed by atoms with Gasteiger partial charge in [-0.25, -0.2) is 27.9 Å². The first-order valence-electron chi connectivity index (χ1n) is 14.5. The van der Waals surface area contributed by atoms with E-state index in [4.69, 9.17) is 18.9 Å². The summed E-state index contributed by atoms with van der Waals surface area (Å²) in [6.45, 7) is 10.0. The lowest BCUT2D eigenvalue weighted by molar-refractivity contribution is -0.133. The van der Waals surface area contributed by atoms with Crippen molar-refractivity contribution in [3.63, 3.8) is 0 Å². The number of halogens is 3. The molecule has 2 N–H and O–H groups in total. The first kappa shape index (κ1) is 33.4. The number of benzene rings is 1. The van der Waals surface area contributed by atoms with Crippen LogP contribution >= 0.6 is 0 Å². The van der Waals surface area contributed by atoms with Gasteiger partial charge in [-0.15, -0.1) is 0 Å². The second kappa shape index (κ2) is 14.1. The summed E-state index contributed by atoms with van der Waals surface area (Å²) < 4.78 is 64.3. The van der Waals surface area contributed by atoms with Crippen LogP contribution in [0.4, 0.5) is 23.8 Å². The Labute approximate surface area is 254 Å². The van der Waals surface area contributed by atoms with Crippen molar-refractivity contribution < 1.29 is 41.7 Å².